The second kappa shape index (κ2) is 6.33. The van der Waals surface area contributed by atoms with Gasteiger partial charge in [0.15, 0.2) is 0 Å². The number of methoxy groups -OCH3 is 1. The molecule has 1 heterocycles. The molecule has 0 saturated carbocycles. The SMILES string of the molecule is COc1cccc(CC(=O)Nc2cncc(Br)c2)c1. The van der Waals surface area contributed by atoms with Gasteiger partial charge in [0, 0.05) is 10.7 Å². The van der Waals surface area contributed by atoms with E-state index in [1.165, 1.54) is 0 Å². The molecule has 98 valence electrons. The Bertz CT molecular complexity index is 587. The molecule has 1 N–H and O–H groups in total. The maximum absolute atomic E-state index is 11.9. The van der Waals surface area contributed by atoms with Crippen molar-refractivity contribution in [1.29, 1.82) is 0 Å². The molecule has 0 fully saturated rings. The van der Waals surface area contributed by atoms with Crippen LogP contribution >= 0.6 is 15.9 Å². The maximum atomic E-state index is 11.9. The number of pyridine rings is 1. The van der Waals surface area contributed by atoms with E-state index >= 15 is 0 Å². The van der Waals surface area contributed by atoms with Gasteiger partial charge in [0.1, 0.15) is 5.75 Å². The summed E-state index contributed by atoms with van der Waals surface area (Å²) in [5.41, 5.74) is 1.57. The molecule has 1 aromatic heterocycles. The van der Waals surface area contributed by atoms with Crippen LogP contribution in [0.25, 0.3) is 0 Å². The number of nitrogens with zero attached hydrogens (tertiary/aromatic N) is 1. The molecule has 0 saturated heterocycles. The third kappa shape index (κ3) is 4.06. The molecule has 4 nitrogen and oxygen atoms in total. The first-order valence-corrected chi connectivity index (χ1v) is 6.50. The summed E-state index contributed by atoms with van der Waals surface area (Å²) in [4.78, 5) is 15.9. The number of rotatable bonds is 4. The summed E-state index contributed by atoms with van der Waals surface area (Å²) in [5.74, 6) is 0.655. The molecular weight excluding hydrogens is 308 g/mol. The number of nitrogens with one attached hydrogen (secondary N) is 1. The molecule has 5 heteroatoms. The Hall–Kier alpha value is -1.88. The number of anilines is 1. The monoisotopic (exact) mass is 320 g/mol. The van der Waals surface area contributed by atoms with Crippen LogP contribution < -0.4 is 10.1 Å². The van der Waals surface area contributed by atoms with Crippen LogP contribution in [0.4, 0.5) is 5.69 Å². The zero-order valence-electron chi connectivity index (χ0n) is 10.4. The van der Waals surface area contributed by atoms with Crippen LogP contribution in [-0.4, -0.2) is 18.0 Å². The second-order valence-corrected chi connectivity index (χ2v) is 4.88. The van der Waals surface area contributed by atoms with Gasteiger partial charge in [-0.15, -0.1) is 0 Å². The Morgan fingerprint density at radius 1 is 1.37 bits per heavy atom. The van der Waals surface area contributed by atoms with Crippen molar-refractivity contribution in [2.24, 2.45) is 0 Å². The van der Waals surface area contributed by atoms with Crippen LogP contribution in [0.1, 0.15) is 5.56 Å². The molecule has 0 aliphatic heterocycles. The van der Waals surface area contributed by atoms with Crippen LogP contribution in [-0.2, 0) is 11.2 Å². The van der Waals surface area contributed by atoms with E-state index in [-0.39, 0.29) is 5.91 Å². The molecule has 0 spiro atoms. The van der Waals surface area contributed by atoms with E-state index in [2.05, 4.69) is 26.2 Å². The van der Waals surface area contributed by atoms with Gasteiger partial charge in [-0.2, -0.15) is 0 Å². The largest absolute Gasteiger partial charge is 0.497 e. The molecule has 2 aromatic rings. The highest BCUT2D eigenvalue weighted by molar-refractivity contribution is 9.10. The van der Waals surface area contributed by atoms with Gasteiger partial charge in [0.2, 0.25) is 5.91 Å². The number of hydrogen-bond donors (Lipinski definition) is 1. The summed E-state index contributed by atoms with van der Waals surface area (Å²) in [6.07, 6.45) is 3.57. The third-order valence-corrected chi connectivity index (χ3v) is 2.92. The molecule has 1 aromatic carbocycles. The van der Waals surface area contributed by atoms with E-state index in [0.29, 0.717) is 12.1 Å². The normalized spacial score (nSPS) is 10.0. The van der Waals surface area contributed by atoms with Gasteiger partial charge < -0.3 is 10.1 Å². The average molecular weight is 321 g/mol. The Morgan fingerprint density at radius 2 is 2.21 bits per heavy atom. The lowest BCUT2D eigenvalue weighted by Gasteiger charge is -2.06. The zero-order chi connectivity index (χ0) is 13.7. The van der Waals surface area contributed by atoms with Crippen molar-refractivity contribution in [3.63, 3.8) is 0 Å². The number of amides is 1. The minimum atomic E-state index is -0.0897. The zero-order valence-corrected chi connectivity index (χ0v) is 12.0. The minimum absolute atomic E-state index is 0.0897. The number of aromatic nitrogens is 1. The fraction of sp³-hybridized carbons (Fsp3) is 0.143. The Kier molecular flexibility index (Phi) is 4.52. The van der Waals surface area contributed by atoms with Crippen LogP contribution in [0.2, 0.25) is 0 Å². The minimum Gasteiger partial charge on any atom is -0.497 e. The standard InChI is InChI=1S/C14H13BrN2O2/c1-19-13-4-2-3-10(5-13)6-14(18)17-12-7-11(15)8-16-9-12/h2-5,7-9H,6H2,1H3,(H,17,18). The van der Waals surface area contributed by atoms with E-state index in [1.54, 1.807) is 25.6 Å². The van der Waals surface area contributed by atoms with Gasteiger partial charge in [-0.25, -0.2) is 0 Å². The second-order valence-electron chi connectivity index (χ2n) is 3.97. The highest BCUT2D eigenvalue weighted by Gasteiger charge is 2.05. The Morgan fingerprint density at radius 3 is 2.95 bits per heavy atom. The van der Waals surface area contributed by atoms with E-state index in [9.17, 15) is 4.79 Å². The van der Waals surface area contributed by atoms with Crippen molar-refractivity contribution in [1.82, 2.24) is 4.98 Å². The average Bonchev–Trinajstić information content (AvgIpc) is 2.38. The molecule has 0 bridgehead atoms. The van der Waals surface area contributed by atoms with E-state index < -0.39 is 0 Å². The molecule has 19 heavy (non-hydrogen) atoms. The fourth-order valence-corrected chi connectivity index (χ4v) is 2.02. The molecular formula is C14H13BrN2O2. The smallest absolute Gasteiger partial charge is 0.228 e. The van der Waals surface area contributed by atoms with Crippen molar-refractivity contribution in [3.8, 4) is 5.75 Å². The predicted molar refractivity (Wildman–Crippen MR) is 77.3 cm³/mol. The van der Waals surface area contributed by atoms with Gasteiger partial charge in [-0.1, -0.05) is 12.1 Å². The number of hydrogen-bond acceptors (Lipinski definition) is 3. The number of halogens is 1. The quantitative estimate of drug-likeness (QED) is 0.942. The number of carbonyl (C=O) groups is 1. The van der Waals surface area contributed by atoms with Crippen LogP contribution in [0, 0.1) is 0 Å². The highest BCUT2D eigenvalue weighted by Crippen LogP contribution is 2.15. The lowest BCUT2D eigenvalue weighted by atomic mass is 10.1. The topological polar surface area (TPSA) is 51.2 Å². The van der Waals surface area contributed by atoms with Crippen molar-refractivity contribution in [2.75, 3.05) is 12.4 Å². The summed E-state index contributed by atoms with van der Waals surface area (Å²) >= 11 is 3.31. The van der Waals surface area contributed by atoms with Gasteiger partial charge in [-0.3, -0.25) is 9.78 Å². The van der Waals surface area contributed by atoms with Crippen molar-refractivity contribution in [3.05, 3.63) is 52.8 Å². The molecule has 2 rings (SSSR count). The summed E-state index contributed by atoms with van der Waals surface area (Å²) in [6.45, 7) is 0. The number of ether oxygens (including phenoxy) is 1. The number of benzene rings is 1. The van der Waals surface area contributed by atoms with E-state index in [0.717, 1.165) is 15.8 Å². The Labute approximate surface area is 119 Å². The first kappa shape index (κ1) is 13.5. The van der Waals surface area contributed by atoms with Gasteiger partial charge >= 0.3 is 0 Å². The molecule has 0 radical (unpaired) electrons. The van der Waals surface area contributed by atoms with Crippen LogP contribution in [0.15, 0.2) is 47.2 Å². The predicted octanol–water partition coefficient (Wildman–Crippen LogP) is 3.03. The molecule has 0 unspecified atom stereocenters. The number of carbonyl (C=O) groups excluding carboxylic acids is 1. The maximum Gasteiger partial charge on any atom is 0.228 e. The molecule has 0 atom stereocenters. The lowest BCUT2D eigenvalue weighted by molar-refractivity contribution is -0.115. The highest BCUT2D eigenvalue weighted by atomic mass is 79.9. The summed E-state index contributed by atoms with van der Waals surface area (Å²) in [7, 11) is 1.60. The van der Waals surface area contributed by atoms with Crippen LogP contribution in [0.5, 0.6) is 5.75 Å². The third-order valence-electron chi connectivity index (χ3n) is 2.49. The fourth-order valence-electron chi connectivity index (χ4n) is 1.65. The molecule has 0 aliphatic rings. The van der Waals surface area contributed by atoms with Crippen LogP contribution in [0.3, 0.4) is 0 Å². The van der Waals surface area contributed by atoms with Crippen molar-refractivity contribution >= 4 is 27.5 Å². The molecule has 1 amide bonds. The molecule has 0 aliphatic carbocycles. The van der Waals surface area contributed by atoms with Gasteiger partial charge in [0.25, 0.3) is 0 Å². The summed E-state index contributed by atoms with van der Waals surface area (Å²) in [6, 6.07) is 9.25. The lowest BCUT2D eigenvalue weighted by Crippen LogP contribution is -2.14. The summed E-state index contributed by atoms with van der Waals surface area (Å²) in [5, 5.41) is 2.80. The first-order chi connectivity index (χ1) is 9.17. The summed E-state index contributed by atoms with van der Waals surface area (Å²) < 4.78 is 5.95. The van der Waals surface area contributed by atoms with Gasteiger partial charge in [-0.05, 0) is 39.7 Å². The Balaban J connectivity index is 2.01. The van der Waals surface area contributed by atoms with Crippen molar-refractivity contribution in [2.45, 2.75) is 6.42 Å². The van der Waals surface area contributed by atoms with Gasteiger partial charge in [0.05, 0.1) is 25.4 Å². The first-order valence-electron chi connectivity index (χ1n) is 5.71. The van der Waals surface area contributed by atoms with E-state index in [1.807, 2.05) is 24.3 Å². The van der Waals surface area contributed by atoms with Crippen molar-refractivity contribution < 1.29 is 9.53 Å². The van der Waals surface area contributed by atoms with E-state index in [4.69, 9.17) is 4.74 Å².